The number of imidazole rings is 2. The van der Waals surface area contributed by atoms with Crippen molar-refractivity contribution in [2.45, 2.75) is 27.7 Å². The number of thiazole rings is 2. The summed E-state index contributed by atoms with van der Waals surface area (Å²) in [5.74, 6) is -0.660. The fraction of sp³-hybridized carbons (Fsp3) is 0.300. The first-order chi connectivity index (χ1) is 15.4. The summed E-state index contributed by atoms with van der Waals surface area (Å²) in [5, 5.41) is 1.43. The number of esters is 2. The van der Waals surface area contributed by atoms with E-state index >= 15 is 0 Å². The first kappa shape index (κ1) is 23.3. The molecule has 0 aliphatic rings. The fourth-order valence-corrected chi connectivity index (χ4v) is 4.04. The molecule has 4 aromatic heterocycles. The largest absolute Gasteiger partial charge is 0.462 e. The summed E-state index contributed by atoms with van der Waals surface area (Å²) in [6.07, 6.45) is 9.98. The first-order valence-electron chi connectivity index (χ1n) is 9.69. The van der Waals surface area contributed by atoms with Crippen molar-refractivity contribution >= 4 is 34.6 Å². The highest BCUT2D eigenvalue weighted by Crippen LogP contribution is 2.20. The van der Waals surface area contributed by atoms with E-state index in [1.807, 2.05) is 24.6 Å². The molecule has 0 bridgehead atoms. The third-order valence-corrected chi connectivity index (χ3v) is 5.87. The molecule has 0 amide bonds. The molecule has 0 aromatic carbocycles. The molecule has 4 aromatic rings. The Morgan fingerprint density at radius 2 is 1.47 bits per heavy atom. The summed E-state index contributed by atoms with van der Waals surface area (Å²) in [7, 11) is 0. The zero-order valence-electron chi connectivity index (χ0n) is 18.0. The molecule has 32 heavy (non-hydrogen) atoms. The van der Waals surface area contributed by atoms with Gasteiger partial charge >= 0.3 is 11.9 Å². The van der Waals surface area contributed by atoms with Gasteiger partial charge in [0.05, 0.1) is 31.3 Å². The van der Waals surface area contributed by atoms with Gasteiger partial charge in [0.15, 0.2) is 10.3 Å². The molecule has 168 valence electrons. The predicted octanol–water partition coefficient (Wildman–Crippen LogP) is 3.63. The van der Waals surface area contributed by atoms with Gasteiger partial charge in [0, 0.05) is 18.1 Å². The van der Waals surface area contributed by atoms with Crippen LogP contribution in [0.4, 0.5) is 0 Å². The molecular weight excluding hydrogens is 452 g/mol. The van der Waals surface area contributed by atoms with Crippen LogP contribution in [-0.4, -0.2) is 54.2 Å². The molecular formula is C20H22N6O4S2. The van der Waals surface area contributed by atoms with Crippen molar-refractivity contribution in [3.05, 3.63) is 58.6 Å². The van der Waals surface area contributed by atoms with Gasteiger partial charge in [-0.1, -0.05) is 22.7 Å². The van der Waals surface area contributed by atoms with Crippen LogP contribution in [0.25, 0.3) is 10.3 Å². The maximum absolute atomic E-state index is 11.4. The minimum atomic E-state index is -0.330. The SMILES string of the molecule is CCOC(=O)c1cnc(-n2cnc(C)c2)s1.CCOC(=O)c1cnc(-n2cncc2C)s1. The van der Waals surface area contributed by atoms with Crippen LogP contribution >= 0.6 is 22.7 Å². The third kappa shape index (κ3) is 5.65. The standard InChI is InChI=1S/2C10H11N3O2S/c1-3-15-9(14)8-4-11-10(16-8)13-5-7(2)12-6-13;1-3-15-9(14)8-5-12-10(16-8)13-6-11-4-7(13)2/h2*4-6H,3H2,1-2H3. The Hall–Kier alpha value is -3.38. The topological polar surface area (TPSA) is 114 Å². The maximum atomic E-state index is 11.4. The van der Waals surface area contributed by atoms with Crippen LogP contribution in [0, 0.1) is 13.8 Å². The molecule has 0 fully saturated rings. The summed E-state index contributed by atoms with van der Waals surface area (Å²) in [6.45, 7) is 8.13. The predicted molar refractivity (Wildman–Crippen MR) is 120 cm³/mol. The summed E-state index contributed by atoms with van der Waals surface area (Å²) < 4.78 is 13.4. The first-order valence-corrected chi connectivity index (χ1v) is 11.3. The average molecular weight is 475 g/mol. The van der Waals surface area contributed by atoms with Crippen molar-refractivity contribution < 1.29 is 19.1 Å². The number of carbonyl (C=O) groups is 2. The van der Waals surface area contributed by atoms with Crippen molar-refractivity contribution in [1.29, 1.82) is 0 Å². The molecule has 4 heterocycles. The summed E-state index contributed by atoms with van der Waals surface area (Å²) in [4.78, 5) is 40.3. The van der Waals surface area contributed by atoms with E-state index in [4.69, 9.17) is 9.47 Å². The third-order valence-electron chi connectivity index (χ3n) is 3.90. The van der Waals surface area contributed by atoms with E-state index in [1.54, 1.807) is 37.3 Å². The van der Waals surface area contributed by atoms with E-state index in [0.717, 1.165) is 16.5 Å². The van der Waals surface area contributed by atoms with Gasteiger partial charge in [0.2, 0.25) is 0 Å². The Bertz CT molecular complexity index is 1190. The Morgan fingerprint density at radius 3 is 1.97 bits per heavy atom. The highest BCUT2D eigenvalue weighted by atomic mass is 32.1. The van der Waals surface area contributed by atoms with E-state index < -0.39 is 0 Å². The summed E-state index contributed by atoms with van der Waals surface area (Å²) >= 11 is 2.57. The fourth-order valence-electron chi connectivity index (χ4n) is 2.44. The zero-order valence-corrected chi connectivity index (χ0v) is 19.6. The number of rotatable bonds is 6. The summed E-state index contributed by atoms with van der Waals surface area (Å²) in [6, 6.07) is 0. The van der Waals surface area contributed by atoms with Gasteiger partial charge in [-0.2, -0.15) is 0 Å². The van der Waals surface area contributed by atoms with E-state index in [2.05, 4.69) is 19.9 Å². The lowest BCUT2D eigenvalue weighted by Gasteiger charge is -1.98. The van der Waals surface area contributed by atoms with Gasteiger partial charge < -0.3 is 9.47 Å². The van der Waals surface area contributed by atoms with Crippen LogP contribution in [0.1, 0.15) is 44.6 Å². The van der Waals surface area contributed by atoms with Crippen molar-refractivity contribution in [3.63, 3.8) is 0 Å². The Morgan fingerprint density at radius 1 is 0.875 bits per heavy atom. The molecule has 10 nitrogen and oxygen atoms in total. The van der Waals surface area contributed by atoms with E-state index in [-0.39, 0.29) is 11.9 Å². The van der Waals surface area contributed by atoms with Gasteiger partial charge in [-0.05, 0) is 27.7 Å². The minimum absolute atomic E-state index is 0.330. The van der Waals surface area contributed by atoms with Crippen LogP contribution in [0.5, 0.6) is 0 Å². The van der Waals surface area contributed by atoms with E-state index in [0.29, 0.717) is 28.1 Å². The van der Waals surface area contributed by atoms with Crippen molar-refractivity contribution in [3.8, 4) is 10.3 Å². The van der Waals surface area contributed by atoms with Crippen molar-refractivity contribution in [2.24, 2.45) is 0 Å². The lowest BCUT2D eigenvalue weighted by molar-refractivity contribution is 0.0522. The molecule has 4 rings (SSSR count). The molecule has 0 aliphatic heterocycles. The molecule has 0 radical (unpaired) electrons. The number of hydrogen-bond acceptors (Lipinski definition) is 10. The van der Waals surface area contributed by atoms with Crippen LogP contribution < -0.4 is 0 Å². The summed E-state index contributed by atoms with van der Waals surface area (Å²) in [5.41, 5.74) is 1.89. The molecule has 0 saturated heterocycles. The molecule has 0 unspecified atom stereocenters. The lowest BCUT2D eigenvalue weighted by atomic mass is 10.5. The molecule has 12 heteroatoms. The molecule has 0 N–H and O–H groups in total. The molecule has 0 atom stereocenters. The Labute approximate surface area is 192 Å². The smallest absolute Gasteiger partial charge is 0.350 e. The molecule has 0 spiro atoms. The molecule has 0 saturated carbocycles. The van der Waals surface area contributed by atoms with Gasteiger partial charge in [-0.3, -0.25) is 9.13 Å². The second-order valence-corrected chi connectivity index (χ2v) is 8.30. The molecule has 0 aliphatic carbocycles. The van der Waals surface area contributed by atoms with Crippen molar-refractivity contribution in [2.75, 3.05) is 13.2 Å². The highest BCUT2D eigenvalue weighted by Gasteiger charge is 2.13. The normalized spacial score (nSPS) is 10.4. The number of ether oxygens (including phenoxy) is 2. The van der Waals surface area contributed by atoms with Crippen LogP contribution in [0.2, 0.25) is 0 Å². The van der Waals surface area contributed by atoms with Crippen LogP contribution in [0.15, 0.2) is 37.4 Å². The quantitative estimate of drug-likeness (QED) is 0.389. The minimum Gasteiger partial charge on any atom is -0.462 e. The number of aryl methyl sites for hydroxylation is 2. The van der Waals surface area contributed by atoms with E-state index in [9.17, 15) is 9.59 Å². The lowest BCUT2D eigenvalue weighted by Crippen LogP contribution is -2.01. The highest BCUT2D eigenvalue weighted by molar-refractivity contribution is 7.16. The van der Waals surface area contributed by atoms with Gasteiger partial charge in [-0.15, -0.1) is 0 Å². The number of nitrogens with zero attached hydrogens (tertiary/aromatic N) is 6. The zero-order chi connectivity index (χ0) is 23.1. The maximum Gasteiger partial charge on any atom is 0.350 e. The Balaban J connectivity index is 0.000000181. The monoisotopic (exact) mass is 474 g/mol. The average Bonchev–Trinajstić information content (AvgIpc) is 3.55. The van der Waals surface area contributed by atoms with Crippen LogP contribution in [0.3, 0.4) is 0 Å². The number of aromatic nitrogens is 6. The van der Waals surface area contributed by atoms with Crippen LogP contribution in [-0.2, 0) is 9.47 Å². The second kappa shape index (κ2) is 10.8. The number of carbonyl (C=O) groups excluding carboxylic acids is 2. The number of hydrogen-bond donors (Lipinski definition) is 0. The van der Waals surface area contributed by atoms with Gasteiger partial charge in [0.1, 0.15) is 22.4 Å². The van der Waals surface area contributed by atoms with Gasteiger partial charge in [0.25, 0.3) is 0 Å². The van der Waals surface area contributed by atoms with Crippen molar-refractivity contribution in [1.82, 2.24) is 29.1 Å². The second-order valence-electron chi connectivity index (χ2n) is 6.28. The Kier molecular flexibility index (Phi) is 7.84. The van der Waals surface area contributed by atoms with E-state index in [1.165, 1.54) is 35.1 Å². The van der Waals surface area contributed by atoms with Gasteiger partial charge in [-0.25, -0.2) is 29.5 Å².